The van der Waals surface area contributed by atoms with E-state index in [1.165, 1.54) is 24.3 Å². The third-order valence-corrected chi connectivity index (χ3v) is 3.76. The summed E-state index contributed by atoms with van der Waals surface area (Å²) in [6, 6.07) is 1.85. The smallest absolute Gasteiger partial charge is 0.218 e. The summed E-state index contributed by atoms with van der Waals surface area (Å²) in [6.45, 7) is 3.58. The van der Waals surface area contributed by atoms with Gasteiger partial charge in [0.15, 0.2) is 0 Å². The van der Waals surface area contributed by atoms with Crippen molar-refractivity contribution in [3.63, 3.8) is 0 Å². The van der Waals surface area contributed by atoms with E-state index in [1.807, 2.05) is 24.8 Å². The van der Waals surface area contributed by atoms with Crippen LogP contribution in [0, 0.1) is 5.92 Å². The van der Waals surface area contributed by atoms with Crippen molar-refractivity contribution in [2.75, 3.05) is 30.0 Å². The molecule has 1 aromatic heterocycles. The largest absolute Gasteiger partial charge is 0.478 e. The van der Waals surface area contributed by atoms with Crippen LogP contribution >= 0.6 is 11.8 Å². The normalized spacial score (nSPS) is 19.7. The first-order valence-corrected chi connectivity index (χ1v) is 6.80. The van der Waals surface area contributed by atoms with Gasteiger partial charge >= 0.3 is 0 Å². The maximum absolute atomic E-state index is 5.32. The molecule has 2 rings (SSSR count). The van der Waals surface area contributed by atoms with E-state index in [0.29, 0.717) is 12.5 Å². The van der Waals surface area contributed by atoms with Crippen LogP contribution in [0.25, 0.3) is 0 Å². The number of aromatic nitrogens is 2. The van der Waals surface area contributed by atoms with E-state index >= 15 is 0 Å². The molecule has 0 aliphatic carbocycles. The maximum atomic E-state index is 5.32. The van der Waals surface area contributed by atoms with E-state index in [4.69, 9.17) is 4.74 Å². The molecule has 5 heteroatoms. The van der Waals surface area contributed by atoms with E-state index in [2.05, 4.69) is 15.3 Å². The summed E-state index contributed by atoms with van der Waals surface area (Å²) in [5.41, 5.74) is 0. The lowest BCUT2D eigenvalue weighted by Gasteiger charge is -2.10. The average molecular weight is 239 g/mol. The van der Waals surface area contributed by atoms with E-state index in [-0.39, 0.29) is 0 Å². The molecule has 16 heavy (non-hydrogen) atoms. The van der Waals surface area contributed by atoms with E-state index in [0.717, 1.165) is 18.3 Å². The minimum Gasteiger partial charge on any atom is -0.478 e. The fourth-order valence-corrected chi connectivity index (χ4v) is 2.94. The van der Waals surface area contributed by atoms with Gasteiger partial charge in [0.1, 0.15) is 12.1 Å². The van der Waals surface area contributed by atoms with Crippen LogP contribution in [0.15, 0.2) is 12.4 Å². The molecule has 0 aromatic carbocycles. The third kappa shape index (κ3) is 3.27. The van der Waals surface area contributed by atoms with Crippen molar-refractivity contribution in [3.05, 3.63) is 12.4 Å². The Kier molecular flexibility index (Phi) is 4.27. The predicted molar refractivity (Wildman–Crippen MR) is 67.1 cm³/mol. The molecule has 1 aliphatic rings. The van der Waals surface area contributed by atoms with Crippen molar-refractivity contribution >= 4 is 17.6 Å². The molecule has 1 unspecified atom stereocenters. The summed E-state index contributed by atoms with van der Waals surface area (Å²) in [6.07, 6.45) is 2.85. The lowest BCUT2D eigenvalue weighted by Crippen LogP contribution is -2.14. The SMILES string of the molecule is CCOc1cc(NCC2CCSC2)ncn1. The number of nitrogens with zero attached hydrogens (tertiary/aromatic N) is 2. The number of hydrogen-bond donors (Lipinski definition) is 1. The van der Waals surface area contributed by atoms with Gasteiger partial charge in [-0.25, -0.2) is 9.97 Å². The highest BCUT2D eigenvalue weighted by atomic mass is 32.2. The molecule has 1 fully saturated rings. The number of nitrogens with one attached hydrogen (secondary N) is 1. The molecular formula is C11H17N3OS. The second kappa shape index (κ2) is 5.94. The van der Waals surface area contributed by atoms with Crippen LogP contribution in [0.2, 0.25) is 0 Å². The van der Waals surface area contributed by atoms with Crippen molar-refractivity contribution in [1.29, 1.82) is 0 Å². The number of rotatable bonds is 5. The van der Waals surface area contributed by atoms with Gasteiger partial charge in [0, 0.05) is 12.6 Å². The minimum absolute atomic E-state index is 0.635. The van der Waals surface area contributed by atoms with Crippen molar-refractivity contribution in [1.82, 2.24) is 9.97 Å². The summed E-state index contributed by atoms with van der Waals surface area (Å²) in [7, 11) is 0. The van der Waals surface area contributed by atoms with Crippen LogP contribution in [-0.4, -0.2) is 34.6 Å². The summed E-state index contributed by atoms with van der Waals surface area (Å²) in [5.74, 6) is 4.82. The standard InChI is InChI=1S/C11H17N3OS/c1-2-15-11-5-10(13-8-14-11)12-6-9-3-4-16-7-9/h5,8-9H,2-4,6-7H2,1H3,(H,12,13,14). The highest BCUT2D eigenvalue weighted by Gasteiger charge is 2.15. The molecule has 0 spiro atoms. The Bertz CT molecular complexity index is 329. The van der Waals surface area contributed by atoms with Gasteiger partial charge in [0.05, 0.1) is 6.61 Å². The molecule has 1 aromatic rings. The third-order valence-electron chi connectivity index (χ3n) is 2.53. The fraction of sp³-hybridized carbons (Fsp3) is 0.636. The Labute approximate surface area is 100 Å². The molecular weight excluding hydrogens is 222 g/mol. The van der Waals surface area contributed by atoms with Gasteiger partial charge in [-0.15, -0.1) is 0 Å². The first kappa shape index (κ1) is 11.5. The molecule has 1 atom stereocenters. The molecule has 1 N–H and O–H groups in total. The molecule has 4 nitrogen and oxygen atoms in total. The first-order valence-electron chi connectivity index (χ1n) is 5.65. The van der Waals surface area contributed by atoms with Gasteiger partial charge < -0.3 is 10.1 Å². The van der Waals surface area contributed by atoms with Crippen molar-refractivity contribution in [3.8, 4) is 5.88 Å². The highest BCUT2D eigenvalue weighted by molar-refractivity contribution is 7.99. The molecule has 1 saturated heterocycles. The number of anilines is 1. The van der Waals surface area contributed by atoms with Crippen molar-refractivity contribution < 1.29 is 4.74 Å². The molecule has 0 amide bonds. The summed E-state index contributed by atoms with van der Waals surface area (Å²) in [5, 5.41) is 3.34. The zero-order chi connectivity index (χ0) is 11.2. The number of ether oxygens (including phenoxy) is 1. The summed E-state index contributed by atoms with van der Waals surface area (Å²) >= 11 is 2.03. The predicted octanol–water partition coefficient (Wildman–Crippen LogP) is 2.04. The Morgan fingerprint density at radius 3 is 3.25 bits per heavy atom. The molecule has 0 bridgehead atoms. The monoisotopic (exact) mass is 239 g/mol. The molecule has 1 aliphatic heterocycles. The fourth-order valence-electron chi connectivity index (χ4n) is 1.66. The molecule has 0 saturated carbocycles. The summed E-state index contributed by atoms with van der Waals surface area (Å²) in [4.78, 5) is 8.21. The van der Waals surface area contributed by atoms with Crippen LogP contribution in [0.4, 0.5) is 5.82 Å². The van der Waals surface area contributed by atoms with Gasteiger partial charge in [-0.05, 0) is 30.8 Å². The lowest BCUT2D eigenvalue weighted by molar-refractivity contribution is 0.326. The van der Waals surface area contributed by atoms with Crippen LogP contribution in [-0.2, 0) is 0 Å². The van der Waals surface area contributed by atoms with Crippen LogP contribution in [0.3, 0.4) is 0 Å². The average Bonchev–Trinajstić information content (AvgIpc) is 2.80. The van der Waals surface area contributed by atoms with Gasteiger partial charge in [0.25, 0.3) is 0 Å². The van der Waals surface area contributed by atoms with E-state index in [9.17, 15) is 0 Å². The highest BCUT2D eigenvalue weighted by Crippen LogP contribution is 2.23. The second-order valence-electron chi connectivity index (χ2n) is 3.79. The van der Waals surface area contributed by atoms with Crippen LogP contribution < -0.4 is 10.1 Å². The number of hydrogen-bond acceptors (Lipinski definition) is 5. The quantitative estimate of drug-likeness (QED) is 0.852. The van der Waals surface area contributed by atoms with E-state index in [1.54, 1.807) is 0 Å². The summed E-state index contributed by atoms with van der Waals surface area (Å²) < 4.78 is 5.32. The number of thioether (sulfide) groups is 1. The van der Waals surface area contributed by atoms with Gasteiger partial charge in [0.2, 0.25) is 5.88 Å². The minimum atomic E-state index is 0.635. The van der Waals surface area contributed by atoms with Crippen LogP contribution in [0.1, 0.15) is 13.3 Å². The zero-order valence-electron chi connectivity index (χ0n) is 9.48. The van der Waals surface area contributed by atoms with Gasteiger partial charge in [-0.2, -0.15) is 11.8 Å². The molecule has 2 heterocycles. The Morgan fingerprint density at radius 1 is 1.56 bits per heavy atom. The van der Waals surface area contributed by atoms with Crippen molar-refractivity contribution in [2.24, 2.45) is 5.92 Å². The van der Waals surface area contributed by atoms with Crippen molar-refractivity contribution in [2.45, 2.75) is 13.3 Å². The second-order valence-corrected chi connectivity index (χ2v) is 4.93. The Morgan fingerprint density at radius 2 is 2.50 bits per heavy atom. The van der Waals surface area contributed by atoms with Crippen LogP contribution in [0.5, 0.6) is 5.88 Å². The Balaban J connectivity index is 1.85. The first-order chi connectivity index (χ1) is 7.88. The topological polar surface area (TPSA) is 47.0 Å². The lowest BCUT2D eigenvalue weighted by atomic mass is 10.1. The van der Waals surface area contributed by atoms with Gasteiger partial charge in [-0.3, -0.25) is 0 Å². The van der Waals surface area contributed by atoms with Gasteiger partial charge in [-0.1, -0.05) is 0 Å². The zero-order valence-corrected chi connectivity index (χ0v) is 10.3. The Hall–Kier alpha value is -0.970. The van der Waals surface area contributed by atoms with E-state index < -0.39 is 0 Å². The molecule has 88 valence electrons. The maximum Gasteiger partial charge on any atom is 0.218 e. The molecule has 0 radical (unpaired) electrons.